The molecular weight excluding hydrogens is 394 g/mol. The lowest BCUT2D eigenvalue weighted by Crippen LogP contribution is -2.46. The first-order valence-electron chi connectivity index (χ1n) is 10.3. The third-order valence-corrected chi connectivity index (χ3v) is 5.55. The standard InChI is InChI=1S/C23H27N5O3/c1-5-16(3)27(13-21(29)24-19-12-8-9-15(2)17(19)4)22(30)14-28-23(31)18-10-6-7-11-20(18)25-26-28/h6-12,16H,5,13-14H2,1-4H3,(H,24,29)/t16-/m1/s1. The quantitative estimate of drug-likeness (QED) is 0.633. The van der Waals surface area contributed by atoms with Crippen LogP contribution in [0.25, 0.3) is 10.9 Å². The highest BCUT2D eigenvalue weighted by Crippen LogP contribution is 2.18. The largest absolute Gasteiger partial charge is 0.329 e. The van der Waals surface area contributed by atoms with Crippen LogP contribution in [0.15, 0.2) is 47.3 Å². The number of hydrogen-bond donors (Lipinski definition) is 1. The summed E-state index contributed by atoms with van der Waals surface area (Å²) in [6.45, 7) is 7.33. The molecule has 8 heteroatoms. The smallest absolute Gasteiger partial charge is 0.278 e. The Morgan fingerprint density at radius 2 is 1.87 bits per heavy atom. The highest BCUT2D eigenvalue weighted by Gasteiger charge is 2.23. The van der Waals surface area contributed by atoms with Gasteiger partial charge in [-0.15, -0.1) is 5.10 Å². The first kappa shape index (κ1) is 22.1. The van der Waals surface area contributed by atoms with Crippen molar-refractivity contribution in [1.82, 2.24) is 19.9 Å². The molecule has 0 saturated carbocycles. The van der Waals surface area contributed by atoms with Crippen molar-refractivity contribution in [3.8, 4) is 0 Å². The zero-order chi connectivity index (χ0) is 22.5. The van der Waals surface area contributed by atoms with Crippen molar-refractivity contribution in [2.45, 2.75) is 46.7 Å². The molecule has 8 nitrogen and oxygen atoms in total. The normalized spacial score (nSPS) is 11.9. The van der Waals surface area contributed by atoms with Gasteiger partial charge in [0, 0.05) is 11.7 Å². The van der Waals surface area contributed by atoms with Crippen molar-refractivity contribution in [3.63, 3.8) is 0 Å². The van der Waals surface area contributed by atoms with E-state index in [1.54, 1.807) is 24.3 Å². The van der Waals surface area contributed by atoms with E-state index in [0.29, 0.717) is 17.3 Å². The molecule has 0 aliphatic heterocycles. The van der Waals surface area contributed by atoms with E-state index < -0.39 is 0 Å². The molecule has 0 unspecified atom stereocenters. The summed E-state index contributed by atoms with van der Waals surface area (Å²) in [7, 11) is 0. The van der Waals surface area contributed by atoms with Crippen LogP contribution in [0.4, 0.5) is 5.69 Å². The summed E-state index contributed by atoms with van der Waals surface area (Å²) < 4.78 is 1.04. The Labute approximate surface area is 180 Å². The molecule has 0 saturated heterocycles. The Hall–Kier alpha value is -3.55. The lowest BCUT2D eigenvalue weighted by Gasteiger charge is -2.28. The highest BCUT2D eigenvalue weighted by molar-refractivity contribution is 5.95. The maximum absolute atomic E-state index is 13.0. The maximum Gasteiger partial charge on any atom is 0.278 e. The predicted octanol–water partition coefficient (Wildman–Crippen LogP) is 2.67. The van der Waals surface area contributed by atoms with Gasteiger partial charge in [-0.05, 0) is 56.5 Å². The first-order valence-corrected chi connectivity index (χ1v) is 10.3. The topological polar surface area (TPSA) is 97.2 Å². The van der Waals surface area contributed by atoms with E-state index in [0.717, 1.165) is 21.5 Å². The van der Waals surface area contributed by atoms with E-state index in [-0.39, 0.29) is 36.5 Å². The number of nitrogens with one attached hydrogen (secondary N) is 1. The Morgan fingerprint density at radius 3 is 2.61 bits per heavy atom. The monoisotopic (exact) mass is 421 g/mol. The van der Waals surface area contributed by atoms with Crippen molar-refractivity contribution in [1.29, 1.82) is 0 Å². The van der Waals surface area contributed by atoms with Gasteiger partial charge in [-0.2, -0.15) is 0 Å². The summed E-state index contributed by atoms with van der Waals surface area (Å²) in [5.41, 5.74) is 2.86. The van der Waals surface area contributed by atoms with Crippen LogP contribution < -0.4 is 10.9 Å². The fourth-order valence-electron chi connectivity index (χ4n) is 3.29. The minimum atomic E-state index is -0.386. The third-order valence-electron chi connectivity index (χ3n) is 5.55. The van der Waals surface area contributed by atoms with Gasteiger partial charge < -0.3 is 10.2 Å². The number of benzene rings is 2. The molecule has 162 valence electrons. The van der Waals surface area contributed by atoms with Gasteiger partial charge in [0.05, 0.1) is 5.39 Å². The molecule has 31 heavy (non-hydrogen) atoms. The van der Waals surface area contributed by atoms with Crippen LogP contribution in [-0.4, -0.2) is 44.3 Å². The van der Waals surface area contributed by atoms with E-state index in [4.69, 9.17) is 0 Å². The summed E-state index contributed by atoms with van der Waals surface area (Å²) in [6, 6.07) is 12.4. The summed E-state index contributed by atoms with van der Waals surface area (Å²) in [5, 5.41) is 11.2. The predicted molar refractivity (Wildman–Crippen MR) is 120 cm³/mol. The van der Waals surface area contributed by atoms with Gasteiger partial charge >= 0.3 is 0 Å². The number of hydrogen-bond acceptors (Lipinski definition) is 5. The van der Waals surface area contributed by atoms with Crippen molar-refractivity contribution in [2.75, 3.05) is 11.9 Å². The summed E-state index contributed by atoms with van der Waals surface area (Å²) in [6.07, 6.45) is 0.667. The Balaban J connectivity index is 1.78. The summed E-state index contributed by atoms with van der Waals surface area (Å²) in [4.78, 5) is 39.9. The van der Waals surface area contributed by atoms with Crippen molar-refractivity contribution >= 4 is 28.4 Å². The van der Waals surface area contributed by atoms with E-state index in [1.165, 1.54) is 4.90 Å². The average Bonchev–Trinajstić information content (AvgIpc) is 2.76. The Morgan fingerprint density at radius 1 is 1.13 bits per heavy atom. The molecule has 0 aliphatic carbocycles. The summed E-state index contributed by atoms with van der Waals surface area (Å²) in [5.74, 6) is -0.656. The van der Waals surface area contributed by atoms with Crippen LogP contribution in [0.1, 0.15) is 31.4 Å². The fraction of sp³-hybridized carbons (Fsp3) is 0.348. The van der Waals surface area contributed by atoms with Gasteiger partial charge in [0.25, 0.3) is 5.56 Å². The number of rotatable bonds is 7. The van der Waals surface area contributed by atoms with E-state index in [9.17, 15) is 14.4 Å². The molecule has 1 heterocycles. The maximum atomic E-state index is 13.0. The zero-order valence-corrected chi connectivity index (χ0v) is 18.3. The lowest BCUT2D eigenvalue weighted by molar-refractivity contribution is -0.137. The molecule has 2 aromatic carbocycles. The zero-order valence-electron chi connectivity index (χ0n) is 18.3. The number of carbonyl (C=O) groups excluding carboxylic acids is 2. The van der Waals surface area contributed by atoms with Crippen LogP contribution in [0, 0.1) is 13.8 Å². The van der Waals surface area contributed by atoms with Gasteiger partial charge in [0.15, 0.2) is 0 Å². The van der Waals surface area contributed by atoms with Crippen molar-refractivity contribution in [3.05, 3.63) is 63.9 Å². The SMILES string of the molecule is CC[C@@H](C)N(CC(=O)Nc1cccc(C)c1C)C(=O)Cn1nnc2ccccc2c1=O. The molecule has 0 radical (unpaired) electrons. The molecule has 0 fully saturated rings. The number of anilines is 1. The Kier molecular flexibility index (Phi) is 6.79. The van der Waals surface area contributed by atoms with E-state index >= 15 is 0 Å². The van der Waals surface area contributed by atoms with Gasteiger partial charge in [-0.1, -0.05) is 36.4 Å². The molecule has 1 aromatic heterocycles. The van der Waals surface area contributed by atoms with Crippen LogP contribution in [-0.2, 0) is 16.1 Å². The number of amides is 2. The second kappa shape index (κ2) is 9.51. The molecule has 3 aromatic rings. The minimum absolute atomic E-state index is 0.114. The molecule has 2 amide bonds. The number of nitrogens with zero attached hydrogens (tertiary/aromatic N) is 4. The summed E-state index contributed by atoms with van der Waals surface area (Å²) >= 11 is 0. The second-order valence-corrected chi connectivity index (χ2v) is 7.64. The molecule has 0 aliphatic rings. The second-order valence-electron chi connectivity index (χ2n) is 7.64. The van der Waals surface area contributed by atoms with Crippen LogP contribution >= 0.6 is 0 Å². The van der Waals surface area contributed by atoms with E-state index in [1.807, 2.05) is 45.9 Å². The van der Waals surface area contributed by atoms with Crippen molar-refractivity contribution < 1.29 is 9.59 Å². The Bertz CT molecular complexity index is 1170. The molecular formula is C23H27N5O3. The van der Waals surface area contributed by atoms with Gasteiger partial charge in [0.2, 0.25) is 11.8 Å². The number of aryl methyl sites for hydroxylation is 1. The van der Waals surface area contributed by atoms with Gasteiger partial charge in [0.1, 0.15) is 18.6 Å². The highest BCUT2D eigenvalue weighted by atomic mass is 16.2. The van der Waals surface area contributed by atoms with Gasteiger partial charge in [-0.3, -0.25) is 14.4 Å². The third kappa shape index (κ3) is 4.96. The minimum Gasteiger partial charge on any atom is -0.329 e. The fourth-order valence-corrected chi connectivity index (χ4v) is 3.29. The van der Waals surface area contributed by atoms with Gasteiger partial charge in [-0.25, -0.2) is 4.68 Å². The number of carbonyl (C=O) groups is 2. The molecule has 0 spiro atoms. The average molecular weight is 422 g/mol. The van der Waals surface area contributed by atoms with Crippen LogP contribution in [0.5, 0.6) is 0 Å². The number of aromatic nitrogens is 3. The lowest BCUT2D eigenvalue weighted by atomic mass is 10.1. The molecule has 0 bridgehead atoms. The van der Waals surface area contributed by atoms with Crippen LogP contribution in [0.2, 0.25) is 0 Å². The first-order chi connectivity index (χ1) is 14.8. The van der Waals surface area contributed by atoms with Crippen LogP contribution in [0.3, 0.4) is 0 Å². The molecule has 1 atom stereocenters. The van der Waals surface area contributed by atoms with E-state index in [2.05, 4.69) is 15.6 Å². The molecule has 3 rings (SSSR count). The number of fused-ring (bicyclic) bond motifs is 1. The van der Waals surface area contributed by atoms with Crippen molar-refractivity contribution in [2.24, 2.45) is 0 Å². The molecule has 1 N–H and O–H groups in total.